The largest absolute Gasteiger partial charge is 0.414 e. The number of imidazole rings is 1. The molecule has 6 rings (SSSR count). The Labute approximate surface area is 230 Å². The Morgan fingerprint density at radius 3 is 2.50 bits per heavy atom. The van der Waals surface area contributed by atoms with Crippen LogP contribution in [-0.2, 0) is 7.05 Å². The number of hydrogen-bond donors (Lipinski definition) is 1. The minimum Gasteiger partial charge on any atom is -0.391 e. The number of nitrogens with zero attached hydrogens (tertiary/aromatic N) is 3. The molecular weight excluding hydrogens is 519 g/mol. The molecular formula is C30H24Cl2N4O2. The molecule has 1 unspecified atom stereocenters. The van der Waals surface area contributed by atoms with Gasteiger partial charge in [-0.15, -0.1) is 0 Å². The molecule has 0 radical (unpaired) electrons. The Bertz CT molecular complexity index is 1640. The van der Waals surface area contributed by atoms with E-state index in [1.165, 1.54) is 0 Å². The van der Waals surface area contributed by atoms with Crippen molar-refractivity contribution in [3.8, 4) is 17.0 Å². The maximum Gasteiger partial charge on any atom is 0.414 e. The number of carbonyl (C=O) groups is 1. The first-order chi connectivity index (χ1) is 18.4. The zero-order valence-electron chi connectivity index (χ0n) is 20.6. The Balaban J connectivity index is 1.50. The third-order valence-corrected chi connectivity index (χ3v) is 7.21. The van der Waals surface area contributed by atoms with E-state index in [1.54, 1.807) is 12.4 Å². The summed E-state index contributed by atoms with van der Waals surface area (Å²) in [5, 5.41) is 5.06. The summed E-state index contributed by atoms with van der Waals surface area (Å²) < 4.78 is 7.60. The summed E-state index contributed by atoms with van der Waals surface area (Å²) in [5.41, 5.74) is 5.67. The lowest BCUT2D eigenvalue weighted by Crippen LogP contribution is -2.28. The van der Waals surface area contributed by atoms with Crippen molar-refractivity contribution in [3.05, 3.63) is 112 Å². The summed E-state index contributed by atoms with van der Waals surface area (Å²) in [6.07, 6.45) is 5.14. The van der Waals surface area contributed by atoms with E-state index in [4.69, 9.17) is 27.9 Å². The van der Waals surface area contributed by atoms with Crippen LogP contribution in [0, 0.1) is 0 Å². The van der Waals surface area contributed by atoms with Crippen LogP contribution in [0.15, 0.2) is 85.3 Å². The molecule has 6 nitrogen and oxygen atoms in total. The standard InChI is InChI=1S/C30H24Cl2N4O2/c1-36-17-33-16-27(36)29(18-5-8-21(31)9-6-18)20-7-12-26-25(14-20)24(19-3-2-4-22(32)13-19)15-28(35-26)38-30(37)34-23-10-11-23/h2-9,12-17,23,29H,10-11H2,1H3,(H,34,37). The Hall–Kier alpha value is -3.87. The number of hydrogen-bond acceptors (Lipinski definition) is 4. The highest BCUT2D eigenvalue weighted by Crippen LogP contribution is 2.38. The Kier molecular flexibility index (Phi) is 6.52. The number of benzene rings is 3. The minimum absolute atomic E-state index is 0.0865. The number of ether oxygens (including phenoxy) is 1. The molecule has 0 bridgehead atoms. The highest BCUT2D eigenvalue weighted by atomic mass is 35.5. The van der Waals surface area contributed by atoms with Gasteiger partial charge in [-0.1, -0.05) is 53.5 Å². The molecule has 38 heavy (non-hydrogen) atoms. The monoisotopic (exact) mass is 542 g/mol. The van der Waals surface area contributed by atoms with Crippen molar-refractivity contribution in [1.82, 2.24) is 19.9 Å². The number of aryl methyl sites for hydroxylation is 1. The molecule has 1 saturated carbocycles. The quantitative estimate of drug-likeness (QED) is 0.243. The molecule has 0 spiro atoms. The third-order valence-electron chi connectivity index (χ3n) is 6.73. The van der Waals surface area contributed by atoms with Crippen LogP contribution in [0.1, 0.15) is 35.6 Å². The molecule has 2 aromatic heterocycles. The lowest BCUT2D eigenvalue weighted by atomic mass is 9.87. The lowest BCUT2D eigenvalue weighted by Gasteiger charge is -2.20. The van der Waals surface area contributed by atoms with E-state index in [9.17, 15) is 4.79 Å². The third kappa shape index (κ3) is 5.10. The summed E-state index contributed by atoms with van der Waals surface area (Å²) in [7, 11) is 1.99. The summed E-state index contributed by atoms with van der Waals surface area (Å²) >= 11 is 12.6. The van der Waals surface area contributed by atoms with Crippen LogP contribution >= 0.6 is 23.2 Å². The number of halogens is 2. The van der Waals surface area contributed by atoms with Crippen LogP contribution in [0.4, 0.5) is 4.79 Å². The van der Waals surface area contributed by atoms with Gasteiger partial charge in [0.2, 0.25) is 5.88 Å². The first-order valence-corrected chi connectivity index (χ1v) is 13.1. The van der Waals surface area contributed by atoms with Crippen LogP contribution in [0.3, 0.4) is 0 Å². The molecule has 1 atom stereocenters. The van der Waals surface area contributed by atoms with Gasteiger partial charge in [0.25, 0.3) is 0 Å². The molecule has 1 aliphatic rings. The average molecular weight is 543 g/mol. The van der Waals surface area contributed by atoms with Crippen LogP contribution in [0.5, 0.6) is 5.88 Å². The molecule has 2 heterocycles. The highest BCUT2D eigenvalue weighted by Gasteiger charge is 2.25. The average Bonchev–Trinajstić information content (AvgIpc) is 3.62. The van der Waals surface area contributed by atoms with Crippen LogP contribution in [-0.4, -0.2) is 26.7 Å². The van der Waals surface area contributed by atoms with Gasteiger partial charge >= 0.3 is 6.09 Å². The molecule has 5 aromatic rings. The molecule has 1 N–H and O–H groups in total. The first-order valence-electron chi connectivity index (χ1n) is 12.4. The van der Waals surface area contributed by atoms with Gasteiger partial charge in [-0.05, 0) is 71.5 Å². The van der Waals surface area contributed by atoms with Crippen molar-refractivity contribution in [3.63, 3.8) is 0 Å². The van der Waals surface area contributed by atoms with Crippen molar-refractivity contribution in [2.75, 3.05) is 0 Å². The molecule has 1 fully saturated rings. The van der Waals surface area contributed by atoms with Crippen LogP contribution in [0.25, 0.3) is 22.0 Å². The van der Waals surface area contributed by atoms with Gasteiger partial charge in [-0.2, -0.15) is 0 Å². The molecule has 8 heteroatoms. The number of rotatable bonds is 6. The van der Waals surface area contributed by atoms with E-state index in [0.717, 1.165) is 46.2 Å². The number of nitrogens with one attached hydrogen (secondary N) is 1. The maximum absolute atomic E-state index is 12.4. The van der Waals surface area contributed by atoms with Crippen molar-refractivity contribution >= 4 is 40.2 Å². The Morgan fingerprint density at radius 2 is 1.79 bits per heavy atom. The van der Waals surface area contributed by atoms with E-state index in [-0.39, 0.29) is 17.8 Å². The van der Waals surface area contributed by atoms with Crippen LogP contribution in [0.2, 0.25) is 10.0 Å². The van der Waals surface area contributed by atoms with Gasteiger partial charge in [0, 0.05) is 46.5 Å². The van der Waals surface area contributed by atoms with Gasteiger partial charge in [0.15, 0.2) is 0 Å². The topological polar surface area (TPSA) is 69.0 Å². The van der Waals surface area contributed by atoms with Gasteiger partial charge in [-0.25, -0.2) is 14.8 Å². The number of aromatic nitrogens is 3. The van der Waals surface area contributed by atoms with E-state index >= 15 is 0 Å². The fourth-order valence-corrected chi connectivity index (χ4v) is 5.02. The molecule has 1 aliphatic carbocycles. The fourth-order valence-electron chi connectivity index (χ4n) is 4.70. The molecule has 0 saturated heterocycles. The van der Waals surface area contributed by atoms with E-state index in [1.807, 2.05) is 72.4 Å². The van der Waals surface area contributed by atoms with Crippen molar-refractivity contribution < 1.29 is 9.53 Å². The maximum atomic E-state index is 12.4. The minimum atomic E-state index is -0.493. The molecule has 3 aromatic carbocycles. The van der Waals surface area contributed by atoms with E-state index in [2.05, 4.69) is 27.4 Å². The highest BCUT2D eigenvalue weighted by molar-refractivity contribution is 6.31. The predicted molar refractivity (Wildman–Crippen MR) is 150 cm³/mol. The van der Waals surface area contributed by atoms with Gasteiger partial charge in [0.1, 0.15) is 0 Å². The summed E-state index contributed by atoms with van der Waals surface area (Å²) in [6.45, 7) is 0. The van der Waals surface area contributed by atoms with Crippen LogP contribution < -0.4 is 10.1 Å². The number of amides is 1. The van der Waals surface area contributed by atoms with Gasteiger partial charge in [0.05, 0.1) is 17.8 Å². The van der Waals surface area contributed by atoms with Crippen molar-refractivity contribution in [2.24, 2.45) is 7.05 Å². The molecule has 1 amide bonds. The van der Waals surface area contributed by atoms with E-state index < -0.39 is 6.09 Å². The van der Waals surface area contributed by atoms with Gasteiger partial charge < -0.3 is 14.6 Å². The second kappa shape index (κ2) is 10.1. The SMILES string of the molecule is Cn1cncc1C(c1ccc(Cl)cc1)c1ccc2nc(OC(=O)NC3CC3)cc(-c3cccc(Cl)c3)c2c1. The van der Waals surface area contributed by atoms with E-state index in [0.29, 0.717) is 15.6 Å². The number of carbonyl (C=O) groups excluding carboxylic acids is 1. The zero-order valence-corrected chi connectivity index (χ0v) is 22.1. The first kappa shape index (κ1) is 24.5. The molecule has 0 aliphatic heterocycles. The number of fused-ring (bicyclic) bond motifs is 1. The Morgan fingerprint density at radius 1 is 1.00 bits per heavy atom. The second-order valence-electron chi connectivity index (χ2n) is 9.52. The molecule has 190 valence electrons. The number of pyridine rings is 1. The van der Waals surface area contributed by atoms with Crippen molar-refractivity contribution in [2.45, 2.75) is 24.8 Å². The zero-order chi connectivity index (χ0) is 26.2. The second-order valence-corrected chi connectivity index (χ2v) is 10.4. The summed E-state index contributed by atoms with van der Waals surface area (Å²) in [6, 6.07) is 23.6. The fraction of sp³-hybridized carbons (Fsp3) is 0.167. The predicted octanol–water partition coefficient (Wildman–Crippen LogP) is 7.37. The lowest BCUT2D eigenvalue weighted by molar-refractivity contribution is 0.198. The smallest absolute Gasteiger partial charge is 0.391 e. The normalized spacial score (nSPS) is 13.9. The van der Waals surface area contributed by atoms with Gasteiger partial charge in [-0.3, -0.25) is 0 Å². The summed E-state index contributed by atoms with van der Waals surface area (Å²) in [4.78, 5) is 21.4. The van der Waals surface area contributed by atoms with Crippen molar-refractivity contribution in [1.29, 1.82) is 0 Å². The summed E-state index contributed by atoms with van der Waals surface area (Å²) in [5.74, 6) is 0.149.